The quantitative estimate of drug-likeness (QED) is 0.345. The van der Waals surface area contributed by atoms with Crippen LogP contribution in [0.25, 0.3) is 22.1 Å². The van der Waals surface area contributed by atoms with Crippen molar-refractivity contribution in [3.8, 4) is 0 Å². The number of para-hydroxylation sites is 1. The van der Waals surface area contributed by atoms with Crippen molar-refractivity contribution >= 4 is 45.3 Å². The molecule has 1 atom stereocenters. The molecule has 9 heteroatoms. The first kappa shape index (κ1) is 22.7. The zero-order valence-corrected chi connectivity index (χ0v) is 20.2. The average Bonchev–Trinajstić information content (AvgIpc) is 3.27. The number of nitrogens with one attached hydrogen (secondary N) is 1. The first-order chi connectivity index (χ1) is 17.9. The molecule has 0 aliphatic carbocycles. The van der Waals surface area contributed by atoms with E-state index in [1.807, 2.05) is 26.0 Å². The molecule has 0 radical (unpaired) electrons. The number of amides is 1. The normalized spacial score (nSPS) is 14.1. The highest BCUT2D eigenvalue weighted by Gasteiger charge is 2.30. The van der Waals surface area contributed by atoms with Gasteiger partial charge in [-0.15, -0.1) is 5.10 Å². The maximum Gasteiger partial charge on any atom is 0.337 e. The van der Waals surface area contributed by atoms with Crippen molar-refractivity contribution in [3.05, 3.63) is 88.9 Å². The van der Waals surface area contributed by atoms with Gasteiger partial charge < -0.3 is 19.7 Å². The fourth-order valence-electron chi connectivity index (χ4n) is 4.98. The number of carbonyl (C=O) groups is 2. The number of carboxylic acids is 1. The Labute approximate surface area is 211 Å². The van der Waals surface area contributed by atoms with Crippen LogP contribution in [0.5, 0.6) is 0 Å². The number of carbonyl (C=O) groups excluding carboxylic acids is 1. The van der Waals surface area contributed by atoms with E-state index in [9.17, 15) is 14.7 Å². The molecule has 1 aliphatic rings. The minimum Gasteiger partial charge on any atom is -0.478 e. The molecule has 0 bridgehead atoms. The van der Waals surface area contributed by atoms with E-state index in [2.05, 4.69) is 20.5 Å². The molecule has 0 saturated heterocycles. The molecule has 0 saturated carbocycles. The summed E-state index contributed by atoms with van der Waals surface area (Å²) >= 11 is 0. The van der Waals surface area contributed by atoms with Gasteiger partial charge in [0.25, 0.3) is 5.91 Å². The Kier molecular flexibility index (Phi) is 5.33. The molecule has 5 aromatic rings. The number of fused-ring (bicyclic) bond motifs is 4. The van der Waals surface area contributed by atoms with Crippen molar-refractivity contribution in [1.29, 1.82) is 0 Å². The number of furan rings is 1. The van der Waals surface area contributed by atoms with Gasteiger partial charge in [-0.2, -0.15) is 5.10 Å². The van der Waals surface area contributed by atoms with Gasteiger partial charge in [0.1, 0.15) is 16.8 Å². The number of aryl methyl sites for hydroxylation is 1. The van der Waals surface area contributed by atoms with E-state index >= 15 is 0 Å². The van der Waals surface area contributed by atoms with Crippen molar-refractivity contribution < 1.29 is 19.1 Å². The first-order valence-electron chi connectivity index (χ1n) is 12.0. The van der Waals surface area contributed by atoms with E-state index in [1.54, 1.807) is 53.7 Å². The minimum absolute atomic E-state index is 0.152. The number of aromatic nitrogens is 3. The van der Waals surface area contributed by atoms with E-state index in [-0.39, 0.29) is 17.5 Å². The fourth-order valence-corrected chi connectivity index (χ4v) is 4.98. The van der Waals surface area contributed by atoms with Gasteiger partial charge in [0.05, 0.1) is 29.1 Å². The number of nitrogens with zero attached hydrogens (tertiary/aromatic N) is 4. The van der Waals surface area contributed by atoms with Crippen LogP contribution in [0.15, 0.2) is 65.3 Å². The van der Waals surface area contributed by atoms with Crippen LogP contribution in [0.3, 0.4) is 0 Å². The molecule has 0 spiro atoms. The summed E-state index contributed by atoms with van der Waals surface area (Å²) in [5.41, 5.74) is 6.12. The second-order valence-corrected chi connectivity index (χ2v) is 9.16. The zero-order valence-electron chi connectivity index (χ0n) is 20.2. The van der Waals surface area contributed by atoms with E-state index in [0.29, 0.717) is 46.6 Å². The van der Waals surface area contributed by atoms with Gasteiger partial charge in [-0.05, 0) is 49.7 Å². The molecule has 3 aromatic heterocycles. The maximum atomic E-state index is 13.3. The summed E-state index contributed by atoms with van der Waals surface area (Å²) in [5.74, 6) is -1.16. The standard InChI is InChI=1S/C28H23N5O4/c1-15-12-19(16(2)31-22-8-4-3-6-18(22)28(35)36)25-20(13-15)24-26(37-25)23(14-30-32-24)33-11-9-21-17(27(33)34)7-5-10-29-21/h3-8,10,12-14,16,31H,9,11H2,1-2H3,(H,35,36)/t16-/m1/s1. The van der Waals surface area contributed by atoms with E-state index < -0.39 is 5.97 Å². The Morgan fingerprint density at radius 1 is 1.16 bits per heavy atom. The number of benzene rings is 2. The predicted octanol–water partition coefficient (Wildman–Crippen LogP) is 5.15. The molecule has 9 nitrogen and oxygen atoms in total. The lowest BCUT2D eigenvalue weighted by Gasteiger charge is -2.27. The van der Waals surface area contributed by atoms with Gasteiger partial charge in [0.15, 0.2) is 5.58 Å². The average molecular weight is 494 g/mol. The van der Waals surface area contributed by atoms with Crippen LogP contribution in [0.2, 0.25) is 0 Å². The number of carboxylic acid groups (broad SMARTS) is 1. The lowest BCUT2D eigenvalue weighted by atomic mass is 10.0. The Bertz CT molecular complexity index is 1710. The van der Waals surface area contributed by atoms with Crippen LogP contribution in [-0.2, 0) is 6.42 Å². The molecule has 184 valence electrons. The van der Waals surface area contributed by atoms with Crippen molar-refractivity contribution in [2.45, 2.75) is 26.3 Å². The number of anilines is 2. The van der Waals surface area contributed by atoms with Crippen LogP contribution in [-0.4, -0.2) is 38.7 Å². The number of hydrogen-bond donors (Lipinski definition) is 2. The van der Waals surface area contributed by atoms with Gasteiger partial charge >= 0.3 is 5.97 Å². The molecule has 37 heavy (non-hydrogen) atoms. The second kappa shape index (κ2) is 8.70. The number of pyridine rings is 1. The molecule has 6 rings (SSSR count). The smallest absolute Gasteiger partial charge is 0.337 e. The van der Waals surface area contributed by atoms with Crippen molar-refractivity contribution in [1.82, 2.24) is 15.2 Å². The maximum absolute atomic E-state index is 13.3. The lowest BCUT2D eigenvalue weighted by Crippen LogP contribution is -2.38. The van der Waals surface area contributed by atoms with Crippen molar-refractivity contribution in [2.24, 2.45) is 0 Å². The molecule has 1 amide bonds. The molecule has 2 aromatic carbocycles. The number of hydrogen-bond acceptors (Lipinski definition) is 7. The minimum atomic E-state index is -1.00. The molecule has 0 fully saturated rings. The van der Waals surface area contributed by atoms with E-state index in [1.165, 1.54) is 0 Å². The third-order valence-electron chi connectivity index (χ3n) is 6.73. The summed E-state index contributed by atoms with van der Waals surface area (Å²) in [5, 5.41) is 22.3. The van der Waals surface area contributed by atoms with E-state index in [0.717, 1.165) is 22.2 Å². The third-order valence-corrected chi connectivity index (χ3v) is 6.73. The van der Waals surface area contributed by atoms with Crippen LogP contribution < -0.4 is 10.2 Å². The number of rotatable bonds is 5. The Morgan fingerprint density at radius 3 is 2.84 bits per heavy atom. The monoisotopic (exact) mass is 493 g/mol. The van der Waals surface area contributed by atoms with Gasteiger partial charge in [0, 0.05) is 35.8 Å². The highest BCUT2D eigenvalue weighted by Crippen LogP contribution is 2.39. The van der Waals surface area contributed by atoms with Crippen LogP contribution in [0, 0.1) is 6.92 Å². The Hall–Kier alpha value is -4.79. The SMILES string of the molecule is Cc1cc([C@@H](C)Nc2ccccc2C(=O)O)c2oc3c(N4CCc5ncccc5C4=O)cnnc3c2c1. The largest absolute Gasteiger partial charge is 0.478 e. The molecule has 4 heterocycles. The summed E-state index contributed by atoms with van der Waals surface area (Å²) in [7, 11) is 0. The van der Waals surface area contributed by atoms with Crippen molar-refractivity contribution in [3.63, 3.8) is 0 Å². The Balaban J connectivity index is 1.46. The molecule has 1 aliphatic heterocycles. The highest BCUT2D eigenvalue weighted by molar-refractivity contribution is 6.14. The van der Waals surface area contributed by atoms with Crippen LogP contribution >= 0.6 is 0 Å². The molecule has 0 unspecified atom stereocenters. The summed E-state index contributed by atoms with van der Waals surface area (Å²) in [6.45, 7) is 4.39. The van der Waals surface area contributed by atoms with Crippen molar-refractivity contribution in [2.75, 3.05) is 16.8 Å². The Morgan fingerprint density at radius 2 is 2.00 bits per heavy atom. The first-order valence-corrected chi connectivity index (χ1v) is 12.0. The van der Waals surface area contributed by atoms with Gasteiger partial charge in [-0.1, -0.05) is 18.2 Å². The summed E-state index contributed by atoms with van der Waals surface area (Å²) in [6.07, 6.45) is 3.88. The lowest BCUT2D eigenvalue weighted by molar-refractivity contribution is 0.0697. The predicted molar refractivity (Wildman–Crippen MR) is 139 cm³/mol. The summed E-state index contributed by atoms with van der Waals surface area (Å²) < 4.78 is 6.43. The topological polar surface area (TPSA) is 121 Å². The third kappa shape index (κ3) is 3.76. The van der Waals surface area contributed by atoms with Crippen LogP contribution in [0.1, 0.15) is 50.5 Å². The fraction of sp³-hybridized carbons (Fsp3) is 0.179. The molecular formula is C28H23N5O4. The summed E-state index contributed by atoms with van der Waals surface area (Å²) in [4.78, 5) is 31.1. The molecule has 2 N–H and O–H groups in total. The van der Waals surface area contributed by atoms with E-state index in [4.69, 9.17) is 4.42 Å². The van der Waals surface area contributed by atoms with Crippen LogP contribution in [0.4, 0.5) is 11.4 Å². The second-order valence-electron chi connectivity index (χ2n) is 9.16. The summed E-state index contributed by atoms with van der Waals surface area (Å²) in [6, 6.07) is 14.0. The highest BCUT2D eigenvalue weighted by atomic mass is 16.4. The number of aromatic carboxylic acids is 1. The zero-order chi connectivity index (χ0) is 25.7. The van der Waals surface area contributed by atoms with Gasteiger partial charge in [0.2, 0.25) is 0 Å². The molecular weight excluding hydrogens is 470 g/mol. The van der Waals surface area contributed by atoms with Gasteiger partial charge in [-0.25, -0.2) is 4.79 Å². The van der Waals surface area contributed by atoms with Gasteiger partial charge in [-0.3, -0.25) is 9.78 Å².